The molecule has 0 amide bonds. The molecule has 69 heavy (non-hydrogen) atoms. The third-order valence-electron chi connectivity index (χ3n) is 11.8. The molecule has 9 rings (SSSR count). The molecule has 0 saturated carbocycles. The first kappa shape index (κ1) is 43.4. The van der Waals surface area contributed by atoms with Gasteiger partial charge in [-0.2, -0.15) is 0 Å². The standard InChI is InChI=1S/C42H27NO26/c44-17-12(26(53)33(60)27(54)13(17)9-10-14(28(55)32(59)23(9)50)29(56)41(68)39(66)24(10)51)2-7-5(19(46)35(62)37(64)21(7)48)1(6-8(2)22(49)38(65)36(63)20(6)47)4-3-11-16(31(58)42(69)40(67)25(11)52)43-15(3)30(57)34(61)18(4)45/h43-69H. The Morgan fingerprint density at radius 1 is 0.130 bits per heavy atom. The molecule has 0 atom stereocenters. The number of hydrogen-bond acceptors (Lipinski definition) is 26. The number of nitrogens with one attached hydrogen (secondary N) is 1. The van der Waals surface area contributed by atoms with Crippen molar-refractivity contribution in [3.63, 3.8) is 0 Å². The van der Waals surface area contributed by atoms with Crippen LogP contribution < -0.4 is 0 Å². The maximum atomic E-state index is 12.3. The summed E-state index contributed by atoms with van der Waals surface area (Å²) < 4.78 is 0. The van der Waals surface area contributed by atoms with Gasteiger partial charge in [0, 0.05) is 54.6 Å². The molecule has 0 aliphatic carbocycles. The van der Waals surface area contributed by atoms with Crippen LogP contribution >= 0.6 is 0 Å². The first-order valence-electron chi connectivity index (χ1n) is 18.6. The minimum atomic E-state index is -1.88. The summed E-state index contributed by atoms with van der Waals surface area (Å²) in [6, 6.07) is 0. The Morgan fingerprint density at radius 2 is 0.333 bits per heavy atom. The van der Waals surface area contributed by atoms with Crippen LogP contribution in [0, 0.1) is 0 Å². The van der Waals surface area contributed by atoms with E-state index in [0.29, 0.717) is 0 Å². The van der Waals surface area contributed by atoms with Crippen molar-refractivity contribution in [1.29, 1.82) is 0 Å². The summed E-state index contributed by atoms with van der Waals surface area (Å²) in [7, 11) is 0. The van der Waals surface area contributed by atoms with E-state index < -0.39 is 237 Å². The first-order chi connectivity index (χ1) is 32.2. The quantitative estimate of drug-likeness (QED) is 0.0672. The van der Waals surface area contributed by atoms with Crippen molar-refractivity contribution < 1.29 is 133 Å². The fraction of sp³-hybridized carbons (Fsp3) is 0. The molecule has 1 aromatic heterocycles. The monoisotopic (exact) mass is 961 g/mol. The minimum Gasteiger partial charge on any atom is -0.506 e. The second-order valence-electron chi connectivity index (χ2n) is 15.2. The minimum absolute atomic E-state index is 0.842. The smallest absolute Gasteiger partial charge is 0.206 e. The highest BCUT2D eigenvalue weighted by atomic mass is 16.4. The fourth-order valence-electron chi connectivity index (χ4n) is 8.69. The van der Waals surface area contributed by atoms with Crippen LogP contribution in [-0.2, 0) is 0 Å². The van der Waals surface area contributed by atoms with Gasteiger partial charge in [0.05, 0.1) is 32.9 Å². The van der Waals surface area contributed by atoms with Crippen molar-refractivity contribution in [1.82, 2.24) is 4.98 Å². The molecule has 0 radical (unpaired) electrons. The highest BCUT2D eigenvalue weighted by Gasteiger charge is 2.40. The molecular formula is C42H27NO26. The maximum absolute atomic E-state index is 12.3. The molecule has 9 aromatic rings. The second kappa shape index (κ2) is 13.4. The molecule has 0 aliphatic heterocycles. The number of aromatic hydroxyl groups is 26. The highest BCUT2D eigenvalue weighted by Crippen LogP contribution is 2.69. The van der Waals surface area contributed by atoms with Gasteiger partial charge in [-0.05, 0) is 0 Å². The predicted octanol–water partition coefficient (Wildman–Crippen LogP) is 4.13. The molecule has 0 fully saturated rings. The first-order valence-corrected chi connectivity index (χ1v) is 18.6. The zero-order valence-corrected chi connectivity index (χ0v) is 33.1. The number of fused-ring (bicyclic) bond motifs is 6. The number of aromatic amines is 1. The predicted molar refractivity (Wildman–Crippen MR) is 228 cm³/mol. The summed E-state index contributed by atoms with van der Waals surface area (Å²) in [6.45, 7) is 0. The third kappa shape index (κ3) is 4.86. The van der Waals surface area contributed by atoms with Gasteiger partial charge >= 0.3 is 0 Å². The average molecular weight is 962 g/mol. The number of benzene rings is 8. The van der Waals surface area contributed by atoms with Crippen molar-refractivity contribution in [2.75, 3.05) is 0 Å². The number of H-pyrrole nitrogens is 1. The van der Waals surface area contributed by atoms with Crippen molar-refractivity contribution in [2.24, 2.45) is 0 Å². The Hall–Kier alpha value is -10.9. The van der Waals surface area contributed by atoms with E-state index in [4.69, 9.17) is 0 Å². The summed E-state index contributed by atoms with van der Waals surface area (Å²) in [5, 5.41) is 280. The molecule has 27 heteroatoms. The van der Waals surface area contributed by atoms with Crippen LogP contribution in [0.25, 0.3) is 87.5 Å². The number of hydrogen-bond donors (Lipinski definition) is 27. The lowest BCUT2D eigenvalue weighted by Crippen LogP contribution is -1.97. The summed E-state index contributed by atoms with van der Waals surface area (Å²) >= 11 is 0. The van der Waals surface area contributed by atoms with E-state index in [0.717, 1.165) is 0 Å². The van der Waals surface area contributed by atoms with Gasteiger partial charge in [-0.1, -0.05) is 0 Å². The van der Waals surface area contributed by atoms with E-state index in [1.165, 1.54) is 0 Å². The van der Waals surface area contributed by atoms with Gasteiger partial charge in [-0.25, -0.2) is 0 Å². The lowest BCUT2D eigenvalue weighted by molar-refractivity contribution is 0.346. The molecule has 27 N–H and O–H groups in total. The van der Waals surface area contributed by atoms with Crippen molar-refractivity contribution in [3.8, 4) is 183 Å². The molecule has 1 heterocycles. The topological polar surface area (TPSA) is 542 Å². The lowest BCUT2D eigenvalue weighted by atomic mass is 9.81. The lowest BCUT2D eigenvalue weighted by Gasteiger charge is -2.25. The van der Waals surface area contributed by atoms with Crippen LogP contribution in [0.1, 0.15) is 0 Å². The second-order valence-corrected chi connectivity index (χ2v) is 15.2. The summed E-state index contributed by atoms with van der Waals surface area (Å²) in [5.41, 5.74) is -10.4. The third-order valence-corrected chi connectivity index (χ3v) is 11.8. The van der Waals surface area contributed by atoms with E-state index in [9.17, 15) is 133 Å². The van der Waals surface area contributed by atoms with Gasteiger partial charge in [-0.3, -0.25) is 0 Å². The Bertz CT molecular complexity index is 3880. The van der Waals surface area contributed by atoms with Gasteiger partial charge in [-0.15, -0.1) is 0 Å². The normalized spacial score (nSPS) is 11.8. The fourth-order valence-corrected chi connectivity index (χ4v) is 8.69. The number of rotatable bonds is 3. The van der Waals surface area contributed by atoms with Gasteiger partial charge < -0.3 is 138 Å². The van der Waals surface area contributed by atoms with Crippen LogP contribution in [0.15, 0.2) is 0 Å². The van der Waals surface area contributed by atoms with Crippen molar-refractivity contribution in [3.05, 3.63) is 0 Å². The van der Waals surface area contributed by atoms with E-state index in [2.05, 4.69) is 4.98 Å². The molecule has 0 saturated heterocycles. The Balaban J connectivity index is 1.64. The maximum Gasteiger partial charge on any atom is 0.206 e. The Morgan fingerprint density at radius 3 is 0.710 bits per heavy atom. The Labute approximate surface area is 374 Å². The van der Waals surface area contributed by atoms with Crippen LogP contribution in [0.4, 0.5) is 0 Å². The van der Waals surface area contributed by atoms with E-state index in [1.54, 1.807) is 0 Å². The largest absolute Gasteiger partial charge is 0.506 e. The highest BCUT2D eigenvalue weighted by molar-refractivity contribution is 6.34. The van der Waals surface area contributed by atoms with Crippen LogP contribution in [0.3, 0.4) is 0 Å². The van der Waals surface area contributed by atoms with Crippen molar-refractivity contribution in [2.45, 2.75) is 0 Å². The summed E-state index contributed by atoms with van der Waals surface area (Å²) in [5.74, 6) is -43.2. The molecule has 27 nitrogen and oxygen atoms in total. The van der Waals surface area contributed by atoms with Crippen LogP contribution in [0.5, 0.6) is 149 Å². The molecule has 356 valence electrons. The Kier molecular flexibility index (Phi) is 8.40. The molecule has 8 aromatic carbocycles. The zero-order valence-electron chi connectivity index (χ0n) is 33.1. The number of phenolic OH excluding ortho intramolecular Hbond substituents is 26. The average Bonchev–Trinajstić information content (AvgIpc) is 3.72. The molecule has 0 aliphatic rings. The molecule has 0 spiro atoms. The van der Waals surface area contributed by atoms with Gasteiger partial charge in [0.15, 0.2) is 80.5 Å². The van der Waals surface area contributed by atoms with Crippen LogP contribution in [0.2, 0.25) is 0 Å². The zero-order chi connectivity index (χ0) is 51.0. The van der Waals surface area contributed by atoms with Crippen LogP contribution in [-0.4, -0.2) is 138 Å². The van der Waals surface area contributed by atoms with Gasteiger partial charge in [0.25, 0.3) is 0 Å². The molecule has 0 bridgehead atoms. The molecule has 0 unspecified atom stereocenters. The number of phenols is 26. The van der Waals surface area contributed by atoms with Crippen molar-refractivity contribution >= 4 is 54.1 Å². The SMILES string of the molecule is Oc1c(O)c(-c2c(O)c(O)c(O)c3c(O)c(O)c(O)c(O)c23)c(O)c(-c2c3c(O)c(O)c(O)c(O)c3c(-c3c(O)c(O)c(O)c4[nH]c5c(O)c(O)c(O)c(O)c5c34)c3c(O)c(O)c(O)c(O)c23)c1O. The van der Waals surface area contributed by atoms with Gasteiger partial charge in [0.1, 0.15) is 5.75 Å². The van der Waals surface area contributed by atoms with E-state index >= 15 is 0 Å². The van der Waals surface area contributed by atoms with E-state index in [-0.39, 0.29) is 0 Å². The molecular weight excluding hydrogens is 934 g/mol. The van der Waals surface area contributed by atoms with Gasteiger partial charge in [0.2, 0.25) is 63.2 Å². The number of aromatic nitrogens is 1. The van der Waals surface area contributed by atoms with E-state index in [1.807, 2.05) is 0 Å². The summed E-state index contributed by atoms with van der Waals surface area (Å²) in [4.78, 5) is 2.28. The summed E-state index contributed by atoms with van der Waals surface area (Å²) in [6.07, 6.45) is 0.